The molecule has 2 aliphatic rings. The zero-order valence-electron chi connectivity index (χ0n) is 13.7. The standard InChI is InChI=1S/C19H24N2O2/c1-13-5-3-6-15(11-13)8-10-19(20)9-4-7-17-16(19)12-14(2)21(17)18(22)23/h3,5-6,11,14,16-17H,4,7,9,12,20H2,1-2H3,(H,22,23)/t14?,16-,17-,19-/m1/s1. The molecule has 122 valence electrons. The molecule has 1 aliphatic heterocycles. The van der Waals surface area contributed by atoms with Crippen LogP contribution in [0.25, 0.3) is 0 Å². The molecular formula is C19H24N2O2. The van der Waals surface area contributed by atoms with Gasteiger partial charge in [-0.25, -0.2) is 4.79 Å². The van der Waals surface area contributed by atoms with Crippen LogP contribution in [0.2, 0.25) is 0 Å². The maximum absolute atomic E-state index is 11.5. The van der Waals surface area contributed by atoms with Crippen LogP contribution in [0, 0.1) is 24.7 Å². The molecule has 0 bridgehead atoms. The van der Waals surface area contributed by atoms with Gasteiger partial charge in [-0.15, -0.1) is 0 Å². The first-order chi connectivity index (χ1) is 10.9. The minimum Gasteiger partial charge on any atom is -0.465 e. The van der Waals surface area contributed by atoms with Crippen LogP contribution in [-0.4, -0.2) is 33.7 Å². The zero-order chi connectivity index (χ0) is 16.6. The molecule has 4 atom stereocenters. The average Bonchev–Trinajstić information content (AvgIpc) is 2.83. The molecule has 4 nitrogen and oxygen atoms in total. The molecule has 0 spiro atoms. The Labute approximate surface area is 137 Å². The molecule has 1 unspecified atom stereocenters. The highest BCUT2D eigenvalue weighted by Gasteiger charge is 2.51. The molecule has 4 heteroatoms. The maximum atomic E-state index is 11.5. The van der Waals surface area contributed by atoms with Gasteiger partial charge in [0, 0.05) is 23.6 Å². The number of carbonyl (C=O) groups is 1. The minimum absolute atomic E-state index is 0.00746. The van der Waals surface area contributed by atoms with E-state index in [9.17, 15) is 9.90 Å². The summed E-state index contributed by atoms with van der Waals surface area (Å²) in [5.74, 6) is 6.65. The molecule has 1 saturated carbocycles. The van der Waals surface area contributed by atoms with Gasteiger partial charge in [0.15, 0.2) is 0 Å². The van der Waals surface area contributed by atoms with E-state index in [4.69, 9.17) is 5.73 Å². The zero-order valence-corrected chi connectivity index (χ0v) is 13.7. The fraction of sp³-hybridized carbons (Fsp3) is 0.526. The Morgan fingerprint density at radius 3 is 2.96 bits per heavy atom. The normalized spacial score (nSPS) is 32.8. The maximum Gasteiger partial charge on any atom is 0.407 e. The van der Waals surface area contributed by atoms with Gasteiger partial charge < -0.3 is 15.7 Å². The highest BCUT2D eigenvalue weighted by Crippen LogP contribution is 2.43. The number of aryl methyl sites for hydroxylation is 1. The summed E-state index contributed by atoms with van der Waals surface area (Å²) in [4.78, 5) is 13.1. The Hall–Kier alpha value is -1.99. The van der Waals surface area contributed by atoms with E-state index in [0.29, 0.717) is 0 Å². The Kier molecular flexibility index (Phi) is 4.08. The van der Waals surface area contributed by atoms with Gasteiger partial charge in [0.2, 0.25) is 0 Å². The quantitative estimate of drug-likeness (QED) is 0.724. The third-order valence-electron chi connectivity index (χ3n) is 5.32. The van der Waals surface area contributed by atoms with Crippen LogP contribution in [0.15, 0.2) is 24.3 Å². The number of hydrogen-bond acceptors (Lipinski definition) is 2. The van der Waals surface area contributed by atoms with Crippen LogP contribution in [0.4, 0.5) is 4.79 Å². The van der Waals surface area contributed by atoms with Crippen molar-refractivity contribution >= 4 is 6.09 Å². The average molecular weight is 312 g/mol. The van der Waals surface area contributed by atoms with E-state index in [1.54, 1.807) is 4.90 Å². The number of benzene rings is 1. The van der Waals surface area contributed by atoms with Gasteiger partial charge in [-0.1, -0.05) is 24.0 Å². The van der Waals surface area contributed by atoms with E-state index >= 15 is 0 Å². The Balaban J connectivity index is 1.89. The second kappa shape index (κ2) is 5.90. The van der Waals surface area contributed by atoms with E-state index in [1.165, 1.54) is 5.56 Å². The van der Waals surface area contributed by atoms with Crippen molar-refractivity contribution in [3.8, 4) is 11.8 Å². The molecule has 1 aromatic rings. The van der Waals surface area contributed by atoms with Crippen molar-refractivity contribution < 1.29 is 9.90 Å². The minimum atomic E-state index is -0.833. The predicted octanol–water partition coefficient (Wildman–Crippen LogP) is 2.98. The second-order valence-corrected chi connectivity index (χ2v) is 7.00. The number of nitrogens with two attached hydrogens (primary N) is 1. The molecule has 0 aromatic heterocycles. The van der Waals surface area contributed by atoms with Crippen LogP contribution >= 0.6 is 0 Å². The third-order valence-corrected chi connectivity index (χ3v) is 5.32. The van der Waals surface area contributed by atoms with Crippen LogP contribution in [0.3, 0.4) is 0 Å². The molecule has 3 N–H and O–H groups in total. The van der Waals surface area contributed by atoms with Crippen molar-refractivity contribution in [3.63, 3.8) is 0 Å². The molecule has 1 aromatic carbocycles. The van der Waals surface area contributed by atoms with Gasteiger partial charge in [-0.2, -0.15) is 0 Å². The lowest BCUT2D eigenvalue weighted by molar-refractivity contribution is 0.101. The summed E-state index contributed by atoms with van der Waals surface area (Å²) in [7, 11) is 0. The summed E-state index contributed by atoms with van der Waals surface area (Å²) in [6.45, 7) is 4.02. The van der Waals surface area contributed by atoms with Gasteiger partial charge in [0.05, 0.1) is 5.54 Å². The molecule has 0 radical (unpaired) electrons. The molecule has 1 aliphatic carbocycles. The van der Waals surface area contributed by atoms with Crippen molar-refractivity contribution in [3.05, 3.63) is 35.4 Å². The van der Waals surface area contributed by atoms with Crippen molar-refractivity contribution in [1.82, 2.24) is 4.90 Å². The lowest BCUT2D eigenvalue weighted by Crippen LogP contribution is -2.54. The Morgan fingerprint density at radius 1 is 1.48 bits per heavy atom. The SMILES string of the molecule is Cc1cccc(C#C[C@]2(N)CCC[C@@H]3[C@H]2CC(C)N3C(=O)O)c1. The van der Waals surface area contributed by atoms with E-state index < -0.39 is 11.6 Å². The lowest BCUT2D eigenvalue weighted by atomic mass is 9.70. The van der Waals surface area contributed by atoms with E-state index in [0.717, 1.165) is 31.2 Å². The summed E-state index contributed by atoms with van der Waals surface area (Å²) < 4.78 is 0. The highest BCUT2D eigenvalue weighted by molar-refractivity contribution is 5.66. The molecule has 1 amide bonds. The van der Waals surface area contributed by atoms with E-state index in [1.807, 2.05) is 32.0 Å². The molecular weight excluding hydrogens is 288 g/mol. The monoisotopic (exact) mass is 312 g/mol. The summed E-state index contributed by atoms with van der Waals surface area (Å²) in [6, 6.07) is 8.11. The lowest BCUT2D eigenvalue weighted by Gasteiger charge is -2.40. The molecule has 2 fully saturated rings. The molecule has 1 heterocycles. The number of amides is 1. The first-order valence-corrected chi connectivity index (χ1v) is 8.31. The first-order valence-electron chi connectivity index (χ1n) is 8.31. The number of fused-ring (bicyclic) bond motifs is 1. The van der Waals surface area contributed by atoms with Crippen LogP contribution in [0.5, 0.6) is 0 Å². The van der Waals surface area contributed by atoms with Crippen molar-refractivity contribution in [2.75, 3.05) is 0 Å². The number of nitrogens with zero attached hydrogens (tertiary/aromatic N) is 1. The number of likely N-dealkylation sites (tertiary alicyclic amines) is 1. The Morgan fingerprint density at radius 2 is 2.26 bits per heavy atom. The van der Waals surface area contributed by atoms with Crippen molar-refractivity contribution in [2.45, 2.75) is 57.2 Å². The van der Waals surface area contributed by atoms with E-state index in [2.05, 4.69) is 17.9 Å². The second-order valence-electron chi connectivity index (χ2n) is 7.00. The van der Waals surface area contributed by atoms with Gasteiger partial charge in [0.25, 0.3) is 0 Å². The summed E-state index contributed by atoms with van der Waals surface area (Å²) in [5, 5.41) is 9.48. The fourth-order valence-corrected chi connectivity index (χ4v) is 4.24. The number of hydrogen-bond donors (Lipinski definition) is 2. The topological polar surface area (TPSA) is 66.6 Å². The molecule has 1 saturated heterocycles. The summed E-state index contributed by atoms with van der Waals surface area (Å²) in [6.07, 6.45) is 2.63. The first kappa shape index (κ1) is 15.9. The summed E-state index contributed by atoms with van der Waals surface area (Å²) >= 11 is 0. The molecule has 23 heavy (non-hydrogen) atoms. The van der Waals surface area contributed by atoms with Crippen LogP contribution < -0.4 is 5.73 Å². The smallest absolute Gasteiger partial charge is 0.407 e. The number of rotatable bonds is 0. The van der Waals surface area contributed by atoms with Gasteiger partial charge in [-0.3, -0.25) is 0 Å². The summed E-state index contributed by atoms with van der Waals surface area (Å²) in [5.41, 5.74) is 8.22. The van der Waals surface area contributed by atoms with E-state index in [-0.39, 0.29) is 18.0 Å². The largest absolute Gasteiger partial charge is 0.465 e. The van der Waals surface area contributed by atoms with Gasteiger partial charge >= 0.3 is 6.09 Å². The van der Waals surface area contributed by atoms with Crippen LogP contribution in [-0.2, 0) is 0 Å². The molecule has 3 rings (SSSR count). The fourth-order valence-electron chi connectivity index (χ4n) is 4.24. The van der Waals surface area contributed by atoms with Crippen molar-refractivity contribution in [1.29, 1.82) is 0 Å². The van der Waals surface area contributed by atoms with Crippen molar-refractivity contribution in [2.24, 2.45) is 11.7 Å². The Bertz CT molecular complexity index is 675. The highest BCUT2D eigenvalue weighted by atomic mass is 16.4. The van der Waals surface area contributed by atoms with Crippen LogP contribution in [0.1, 0.15) is 43.7 Å². The van der Waals surface area contributed by atoms with Gasteiger partial charge in [-0.05, 0) is 57.2 Å². The number of carboxylic acid groups (broad SMARTS) is 1. The van der Waals surface area contributed by atoms with Gasteiger partial charge in [0.1, 0.15) is 0 Å². The third kappa shape index (κ3) is 2.94. The predicted molar refractivity (Wildman–Crippen MR) is 90.0 cm³/mol.